The summed E-state index contributed by atoms with van der Waals surface area (Å²) in [5.74, 6) is 1.32. The molecule has 0 saturated carbocycles. The molecule has 0 aromatic heterocycles. The van der Waals surface area contributed by atoms with Crippen molar-refractivity contribution in [2.24, 2.45) is 0 Å². The van der Waals surface area contributed by atoms with Crippen LogP contribution in [0.15, 0.2) is 12.2 Å². The SMILES string of the molecule is C#CCNCC(=C)C(=O)O. The molecule has 0 saturated heterocycles. The fourth-order valence-electron chi connectivity index (χ4n) is 0.361. The molecule has 0 rings (SSSR count). The summed E-state index contributed by atoms with van der Waals surface area (Å²) >= 11 is 0. The maximum atomic E-state index is 10.1. The Kier molecular flexibility index (Phi) is 4.01. The summed E-state index contributed by atoms with van der Waals surface area (Å²) in [5, 5.41) is 11.0. The molecule has 3 heteroatoms. The molecule has 2 N–H and O–H groups in total. The minimum atomic E-state index is -0.996. The zero-order valence-electron chi connectivity index (χ0n) is 5.55. The zero-order chi connectivity index (χ0) is 7.98. The van der Waals surface area contributed by atoms with Crippen molar-refractivity contribution >= 4 is 5.97 Å². The highest BCUT2D eigenvalue weighted by molar-refractivity contribution is 5.86. The number of hydrogen-bond donors (Lipinski definition) is 2. The molecule has 0 aliphatic heterocycles. The van der Waals surface area contributed by atoms with Crippen molar-refractivity contribution in [1.82, 2.24) is 5.32 Å². The second-order valence-corrected chi connectivity index (χ2v) is 1.72. The highest BCUT2D eigenvalue weighted by atomic mass is 16.4. The van der Waals surface area contributed by atoms with Crippen molar-refractivity contribution in [3.8, 4) is 12.3 Å². The lowest BCUT2D eigenvalue weighted by atomic mass is 10.3. The Labute approximate surface area is 59.7 Å². The summed E-state index contributed by atoms with van der Waals surface area (Å²) in [6, 6.07) is 0. The van der Waals surface area contributed by atoms with Crippen LogP contribution in [0.4, 0.5) is 0 Å². The van der Waals surface area contributed by atoms with Crippen molar-refractivity contribution < 1.29 is 9.90 Å². The fraction of sp³-hybridized carbons (Fsp3) is 0.286. The summed E-state index contributed by atoms with van der Waals surface area (Å²) in [6.07, 6.45) is 4.90. The van der Waals surface area contributed by atoms with Gasteiger partial charge in [0.05, 0.1) is 6.54 Å². The van der Waals surface area contributed by atoms with Crippen molar-refractivity contribution in [2.75, 3.05) is 13.1 Å². The van der Waals surface area contributed by atoms with E-state index in [2.05, 4.69) is 17.8 Å². The molecule has 0 aromatic carbocycles. The van der Waals surface area contributed by atoms with E-state index in [0.717, 1.165) is 0 Å². The molecule has 0 radical (unpaired) electrons. The summed E-state index contributed by atoms with van der Waals surface area (Å²) in [6.45, 7) is 3.90. The Morgan fingerprint density at radius 3 is 2.80 bits per heavy atom. The minimum Gasteiger partial charge on any atom is -0.478 e. The molecule has 0 amide bonds. The number of nitrogens with one attached hydrogen (secondary N) is 1. The van der Waals surface area contributed by atoms with Crippen LogP contribution < -0.4 is 5.32 Å². The first-order chi connectivity index (χ1) is 4.68. The lowest BCUT2D eigenvalue weighted by Crippen LogP contribution is -2.20. The van der Waals surface area contributed by atoms with Gasteiger partial charge in [-0.05, 0) is 0 Å². The van der Waals surface area contributed by atoms with Gasteiger partial charge in [-0.1, -0.05) is 12.5 Å². The standard InChI is InChI=1S/C7H9NO2/c1-3-4-8-5-6(2)7(9)10/h1,8H,2,4-5H2,(H,9,10). The van der Waals surface area contributed by atoms with Crippen molar-refractivity contribution in [3.63, 3.8) is 0 Å². The lowest BCUT2D eigenvalue weighted by Gasteiger charge is -1.97. The number of hydrogen-bond acceptors (Lipinski definition) is 2. The van der Waals surface area contributed by atoms with Gasteiger partial charge in [-0.25, -0.2) is 4.79 Å². The van der Waals surface area contributed by atoms with E-state index in [-0.39, 0.29) is 12.1 Å². The Morgan fingerprint density at radius 1 is 1.80 bits per heavy atom. The van der Waals surface area contributed by atoms with E-state index < -0.39 is 5.97 Å². The number of aliphatic carboxylic acids is 1. The van der Waals surface area contributed by atoms with Crippen LogP contribution in [0.3, 0.4) is 0 Å². The van der Waals surface area contributed by atoms with Crippen molar-refractivity contribution in [1.29, 1.82) is 0 Å². The quantitative estimate of drug-likeness (QED) is 0.323. The van der Waals surface area contributed by atoms with E-state index in [9.17, 15) is 4.79 Å². The molecule has 0 aromatic rings. The molecule has 0 atom stereocenters. The predicted octanol–water partition coefficient (Wildman–Crippen LogP) is -0.150. The summed E-state index contributed by atoms with van der Waals surface area (Å²) in [7, 11) is 0. The van der Waals surface area contributed by atoms with Crippen molar-refractivity contribution in [2.45, 2.75) is 0 Å². The number of carboxylic acid groups (broad SMARTS) is 1. The highest BCUT2D eigenvalue weighted by Gasteiger charge is 2.00. The molecule has 0 heterocycles. The third-order valence-corrected chi connectivity index (χ3v) is 0.868. The average Bonchev–Trinajstić information content (AvgIpc) is 1.88. The molecule has 0 fully saturated rings. The predicted molar refractivity (Wildman–Crippen MR) is 38.5 cm³/mol. The molecule has 0 spiro atoms. The number of carbonyl (C=O) groups is 1. The third kappa shape index (κ3) is 3.70. The largest absolute Gasteiger partial charge is 0.478 e. The van der Waals surface area contributed by atoms with E-state index in [0.29, 0.717) is 6.54 Å². The Balaban J connectivity index is 3.43. The van der Waals surface area contributed by atoms with Gasteiger partial charge in [-0.15, -0.1) is 6.42 Å². The van der Waals surface area contributed by atoms with Gasteiger partial charge in [0.2, 0.25) is 0 Å². The van der Waals surface area contributed by atoms with Gasteiger partial charge in [0.15, 0.2) is 0 Å². The van der Waals surface area contributed by atoms with Crippen LogP contribution in [0.25, 0.3) is 0 Å². The van der Waals surface area contributed by atoms with Crippen LogP contribution in [0.5, 0.6) is 0 Å². The lowest BCUT2D eigenvalue weighted by molar-refractivity contribution is -0.132. The van der Waals surface area contributed by atoms with Crippen LogP contribution in [-0.2, 0) is 4.79 Å². The zero-order valence-corrected chi connectivity index (χ0v) is 5.55. The minimum absolute atomic E-state index is 0.121. The van der Waals surface area contributed by atoms with Crippen LogP contribution in [0.2, 0.25) is 0 Å². The molecule has 10 heavy (non-hydrogen) atoms. The molecule has 0 aliphatic rings. The normalized spacial score (nSPS) is 8.30. The number of rotatable bonds is 4. The molecule has 0 bridgehead atoms. The van der Waals surface area contributed by atoms with Crippen LogP contribution in [0.1, 0.15) is 0 Å². The molecule has 54 valence electrons. The van der Waals surface area contributed by atoms with Gasteiger partial charge in [0.1, 0.15) is 0 Å². The van der Waals surface area contributed by atoms with Gasteiger partial charge in [-0.3, -0.25) is 0 Å². The smallest absolute Gasteiger partial charge is 0.332 e. The van der Waals surface area contributed by atoms with Crippen molar-refractivity contribution in [3.05, 3.63) is 12.2 Å². The van der Waals surface area contributed by atoms with Gasteiger partial charge >= 0.3 is 5.97 Å². The second kappa shape index (κ2) is 4.59. The van der Waals surface area contributed by atoms with Crippen LogP contribution in [0, 0.1) is 12.3 Å². The Morgan fingerprint density at radius 2 is 2.40 bits per heavy atom. The monoisotopic (exact) mass is 139 g/mol. The summed E-state index contributed by atoms with van der Waals surface area (Å²) in [5.41, 5.74) is 0.121. The van der Waals surface area contributed by atoms with Gasteiger partial charge in [0.25, 0.3) is 0 Å². The summed E-state index contributed by atoms with van der Waals surface area (Å²) in [4.78, 5) is 10.1. The van der Waals surface area contributed by atoms with E-state index in [4.69, 9.17) is 11.5 Å². The average molecular weight is 139 g/mol. The highest BCUT2D eigenvalue weighted by Crippen LogP contribution is 1.84. The van der Waals surface area contributed by atoms with E-state index in [1.54, 1.807) is 0 Å². The first kappa shape index (κ1) is 8.73. The number of terminal acetylenes is 1. The molecule has 0 aliphatic carbocycles. The maximum Gasteiger partial charge on any atom is 0.332 e. The summed E-state index contributed by atoms with van der Waals surface area (Å²) < 4.78 is 0. The Bertz CT molecular complexity index is 179. The van der Waals surface area contributed by atoms with E-state index >= 15 is 0 Å². The molecule has 0 unspecified atom stereocenters. The fourth-order valence-corrected chi connectivity index (χ4v) is 0.361. The van der Waals surface area contributed by atoms with Gasteiger partial charge in [-0.2, -0.15) is 0 Å². The first-order valence-corrected chi connectivity index (χ1v) is 2.73. The van der Waals surface area contributed by atoms with Gasteiger partial charge in [0, 0.05) is 12.1 Å². The van der Waals surface area contributed by atoms with E-state index in [1.165, 1.54) is 0 Å². The van der Waals surface area contributed by atoms with Gasteiger partial charge < -0.3 is 10.4 Å². The first-order valence-electron chi connectivity index (χ1n) is 2.73. The van der Waals surface area contributed by atoms with Crippen LogP contribution >= 0.6 is 0 Å². The second-order valence-electron chi connectivity index (χ2n) is 1.72. The topological polar surface area (TPSA) is 49.3 Å². The Hall–Kier alpha value is -1.27. The van der Waals surface area contributed by atoms with E-state index in [1.807, 2.05) is 0 Å². The molecular formula is C7H9NO2. The maximum absolute atomic E-state index is 10.1. The molecule has 3 nitrogen and oxygen atoms in total. The third-order valence-electron chi connectivity index (χ3n) is 0.868. The number of carboxylic acids is 1. The molecular weight excluding hydrogens is 130 g/mol. The van der Waals surface area contributed by atoms with Crippen LogP contribution in [-0.4, -0.2) is 24.2 Å².